The van der Waals surface area contributed by atoms with Gasteiger partial charge in [0, 0.05) is 0 Å². The molecule has 3 N–H and O–H groups in total. The van der Waals surface area contributed by atoms with E-state index in [0.29, 0.717) is 0 Å². The molecule has 2 rings (SSSR count). The van der Waals surface area contributed by atoms with Crippen LogP contribution in [0.5, 0.6) is 0 Å². The Hall–Kier alpha value is -1.25. The Morgan fingerprint density at radius 1 is 0.765 bits per heavy atom. The third-order valence-electron chi connectivity index (χ3n) is 2.71. The molecule has 0 radical (unpaired) electrons. The SMILES string of the molecule is Cc1cccc(P(O)(O)(O)c2ccccc2)c1. The average molecular weight is 250 g/mol. The van der Waals surface area contributed by atoms with E-state index in [4.69, 9.17) is 0 Å². The normalized spacial score (nSPS) is 14.0. The van der Waals surface area contributed by atoms with Crippen molar-refractivity contribution < 1.29 is 14.7 Å². The molecule has 2 aromatic rings. The molecule has 0 aromatic heterocycles. The van der Waals surface area contributed by atoms with Crippen molar-refractivity contribution in [3.63, 3.8) is 0 Å². The van der Waals surface area contributed by atoms with E-state index in [1.54, 1.807) is 30.3 Å². The molecule has 90 valence electrons. The summed E-state index contributed by atoms with van der Waals surface area (Å²) >= 11 is 0. The van der Waals surface area contributed by atoms with E-state index in [1.165, 1.54) is 18.2 Å². The van der Waals surface area contributed by atoms with Gasteiger partial charge in [0.15, 0.2) is 0 Å². The van der Waals surface area contributed by atoms with Crippen molar-refractivity contribution in [3.8, 4) is 0 Å². The summed E-state index contributed by atoms with van der Waals surface area (Å²) in [6.07, 6.45) is 0. The van der Waals surface area contributed by atoms with Crippen LogP contribution in [0, 0.1) is 6.92 Å². The molecule has 0 heterocycles. The topological polar surface area (TPSA) is 60.7 Å². The fourth-order valence-electron chi connectivity index (χ4n) is 1.74. The standard InChI is InChI=1S/C13H15O3P/c1-11-6-5-9-13(10-11)17(14,15,16)12-7-3-2-4-8-12/h2-10,14-16H,1H3. The van der Waals surface area contributed by atoms with Crippen molar-refractivity contribution >= 4 is 17.9 Å². The molecule has 0 saturated heterocycles. The van der Waals surface area contributed by atoms with Gasteiger partial charge in [-0.3, -0.25) is 0 Å². The zero-order chi connectivity index (χ0) is 12.5. The monoisotopic (exact) mass is 250 g/mol. The van der Waals surface area contributed by atoms with E-state index in [9.17, 15) is 14.7 Å². The molecule has 0 aliphatic heterocycles. The van der Waals surface area contributed by atoms with Crippen LogP contribution in [-0.4, -0.2) is 14.7 Å². The Morgan fingerprint density at radius 3 is 1.94 bits per heavy atom. The number of rotatable bonds is 2. The van der Waals surface area contributed by atoms with Crippen LogP contribution in [0.4, 0.5) is 0 Å². The molecule has 17 heavy (non-hydrogen) atoms. The van der Waals surface area contributed by atoms with E-state index in [1.807, 2.05) is 13.0 Å². The van der Waals surface area contributed by atoms with Gasteiger partial charge in [-0.05, 0) is 0 Å². The zero-order valence-electron chi connectivity index (χ0n) is 9.49. The molecular formula is C13H15O3P. The van der Waals surface area contributed by atoms with Gasteiger partial charge in [0.2, 0.25) is 0 Å². The van der Waals surface area contributed by atoms with Crippen LogP contribution in [0.25, 0.3) is 0 Å². The first kappa shape index (κ1) is 12.2. The summed E-state index contributed by atoms with van der Waals surface area (Å²) in [5.74, 6) is 0. The summed E-state index contributed by atoms with van der Waals surface area (Å²) < 4.78 is 0. The van der Waals surface area contributed by atoms with Crippen molar-refractivity contribution in [1.82, 2.24) is 0 Å². The summed E-state index contributed by atoms with van der Waals surface area (Å²) in [5, 5.41) is 0.298. The van der Waals surface area contributed by atoms with Gasteiger partial charge < -0.3 is 0 Å². The van der Waals surface area contributed by atoms with Crippen LogP contribution in [0.15, 0.2) is 54.6 Å². The molecule has 0 bridgehead atoms. The number of hydrogen-bond acceptors (Lipinski definition) is 3. The predicted octanol–water partition coefficient (Wildman–Crippen LogP) is 1.22. The molecule has 3 nitrogen and oxygen atoms in total. The molecule has 0 saturated carbocycles. The first-order valence-corrected chi connectivity index (χ1v) is 7.37. The van der Waals surface area contributed by atoms with Crippen molar-refractivity contribution in [2.45, 2.75) is 6.92 Å². The van der Waals surface area contributed by atoms with Gasteiger partial charge >= 0.3 is 99.7 Å². The van der Waals surface area contributed by atoms with Gasteiger partial charge in [0.25, 0.3) is 0 Å². The molecule has 0 aliphatic rings. The second-order valence-electron chi connectivity index (χ2n) is 4.15. The van der Waals surface area contributed by atoms with Crippen molar-refractivity contribution in [1.29, 1.82) is 0 Å². The average Bonchev–Trinajstić information content (AvgIpc) is 2.30. The van der Waals surface area contributed by atoms with Crippen molar-refractivity contribution in [3.05, 3.63) is 60.2 Å². The maximum atomic E-state index is 10.3. The van der Waals surface area contributed by atoms with E-state index in [-0.39, 0.29) is 10.6 Å². The minimum atomic E-state index is -4.97. The summed E-state index contributed by atoms with van der Waals surface area (Å²) in [5.41, 5.74) is 0.865. The first-order chi connectivity index (χ1) is 7.88. The molecule has 0 aliphatic carbocycles. The number of benzene rings is 2. The van der Waals surface area contributed by atoms with E-state index >= 15 is 0 Å². The summed E-state index contributed by atoms with van der Waals surface area (Å²) in [6.45, 7) is 1.83. The third-order valence-corrected chi connectivity index (χ3v) is 5.19. The van der Waals surface area contributed by atoms with Crippen molar-refractivity contribution in [2.24, 2.45) is 0 Å². The van der Waals surface area contributed by atoms with Crippen LogP contribution in [0.1, 0.15) is 5.56 Å². The molecule has 0 atom stereocenters. The van der Waals surface area contributed by atoms with Gasteiger partial charge in [-0.1, -0.05) is 0 Å². The Balaban J connectivity index is 2.62. The van der Waals surface area contributed by atoms with Crippen LogP contribution in [-0.2, 0) is 0 Å². The van der Waals surface area contributed by atoms with Gasteiger partial charge in [-0.15, -0.1) is 0 Å². The van der Waals surface area contributed by atoms with Gasteiger partial charge in [0.1, 0.15) is 0 Å². The van der Waals surface area contributed by atoms with Gasteiger partial charge in [-0.2, -0.15) is 0 Å². The number of aryl methyl sites for hydroxylation is 1. The maximum absolute atomic E-state index is 10.3. The van der Waals surface area contributed by atoms with Crippen LogP contribution in [0.3, 0.4) is 0 Å². The van der Waals surface area contributed by atoms with Crippen LogP contribution < -0.4 is 10.6 Å². The fraction of sp³-hybridized carbons (Fsp3) is 0.0769. The van der Waals surface area contributed by atoms with E-state index in [0.717, 1.165) is 5.56 Å². The van der Waals surface area contributed by atoms with E-state index < -0.39 is 7.28 Å². The van der Waals surface area contributed by atoms with Crippen LogP contribution in [0.2, 0.25) is 0 Å². The summed E-state index contributed by atoms with van der Waals surface area (Å²) in [6, 6.07) is 14.7. The predicted molar refractivity (Wildman–Crippen MR) is 70.5 cm³/mol. The van der Waals surface area contributed by atoms with Crippen LogP contribution >= 0.6 is 7.28 Å². The van der Waals surface area contributed by atoms with Crippen molar-refractivity contribution in [2.75, 3.05) is 0 Å². The molecule has 0 fully saturated rings. The van der Waals surface area contributed by atoms with E-state index in [2.05, 4.69) is 0 Å². The Bertz CT molecular complexity index is 529. The first-order valence-electron chi connectivity index (χ1n) is 5.28. The third kappa shape index (κ3) is 2.24. The van der Waals surface area contributed by atoms with Gasteiger partial charge in [-0.25, -0.2) is 0 Å². The second kappa shape index (κ2) is 3.90. The molecule has 0 unspecified atom stereocenters. The molecule has 2 aromatic carbocycles. The Labute approximate surface area is 100 Å². The molecule has 0 amide bonds. The Kier molecular flexibility index (Phi) is 2.80. The minimum absolute atomic E-state index is 0.143. The quantitative estimate of drug-likeness (QED) is 0.702. The molecule has 0 spiro atoms. The fourth-order valence-corrected chi connectivity index (χ4v) is 3.56. The zero-order valence-corrected chi connectivity index (χ0v) is 10.4. The number of hydrogen-bond donors (Lipinski definition) is 3. The molecule has 4 heteroatoms. The second-order valence-corrected chi connectivity index (χ2v) is 7.15. The summed E-state index contributed by atoms with van der Waals surface area (Å²) in [4.78, 5) is 30.9. The molecular weight excluding hydrogens is 235 g/mol. The Morgan fingerprint density at radius 2 is 1.35 bits per heavy atom. The van der Waals surface area contributed by atoms with Gasteiger partial charge in [0.05, 0.1) is 0 Å². The summed E-state index contributed by atoms with van der Waals surface area (Å²) in [7, 11) is -4.97.